The SMILES string of the molecule is CC(CN1C(=O)C(c2cccc(C(F)(F)F)c2)=NC12CCC(C(C)(C)C)CC2)c1ccc(C(=O)NCCC(=O)O)cc1. The minimum Gasteiger partial charge on any atom is -0.481 e. The lowest BCUT2D eigenvalue weighted by Crippen LogP contribution is -2.51. The third-order valence-corrected chi connectivity index (χ3v) is 8.57. The van der Waals surface area contributed by atoms with Gasteiger partial charge in [-0.1, -0.05) is 52.0 Å². The van der Waals surface area contributed by atoms with E-state index >= 15 is 0 Å². The van der Waals surface area contributed by atoms with Crippen LogP contribution >= 0.6 is 0 Å². The summed E-state index contributed by atoms with van der Waals surface area (Å²) >= 11 is 0. The zero-order valence-corrected chi connectivity index (χ0v) is 24.4. The number of carbonyl (C=O) groups is 3. The average Bonchev–Trinajstić information content (AvgIpc) is 3.18. The molecule has 2 amide bonds. The Hall–Kier alpha value is -3.69. The van der Waals surface area contributed by atoms with Gasteiger partial charge in [0.25, 0.3) is 11.8 Å². The number of carbonyl (C=O) groups excluding carboxylic acids is 2. The van der Waals surface area contributed by atoms with Crippen LogP contribution in [-0.2, 0) is 15.8 Å². The number of halogens is 3. The number of hydrogen-bond donors (Lipinski definition) is 2. The maximum Gasteiger partial charge on any atom is 0.416 e. The van der Waals surface area contributed by atoms with Crippen molar-refractivity contribution < 1.29 is 32.7 Å². The van der Waals surface area contributed by atoms with E-state index in [-0.39, 0.29) is 47.4 Å². The highest BCUT2D eigenvalue weighted by Crippen LogP contribution is 2.47. The molecule has 42 heavy (non-hydrogen) atoms. The van der Waals surface area contributed by atoms with Crippen molar-refractivity contribution >= 4 is 23.5 Å². The first-order valence-corrected chi connectivity index (χ1v) is 14.3. The van der Waals surface area contributed by atoms with Gasteiger partial charge in [-0.25, -0.2) is 0 Å². The number of nitrogens with one attached hydrogen (secondary N) is 1. The highest BCUT2D eigenvalue weighted by atomic mass is 19.4. The van der Waals surface area contributed by atoms with Crippen LogP contribution in [0.5, 0.6) is 0 Å². The molecule has 1 saturated carbocycles. The predicted molar refractivity (Wildman–Crippen MR) is 153 cm³/mol. The van der Waals surface area contributed by atoms with Gasteiger partial charge in [0.1, 0.15) is 11.4 Å². The van der Waals surface area contributed by atoms with Crippen molar-refractivity contribution in [1.29, 1.82) is 0 Å². The van der Waals surface area contributed by atoms with Crippen molar-refractivity contribution in [3.05, 3.63) is 70.8 Å². The van der Waals surface area contributed by atoms with E-state index < -0.39 is 23.4 Å². The topological polar surface area (TPSA) is 99.1 Å². The summed E-state index contributed by atoms with van der Waals surface area (Å²) in [5, 5.41) is 11.3. The monoisotopic (exact) mass is 585 g/mol. The van der Waals surface area contributed by atoms with Crippen molar-refractivity contribution in [2.75, 3.05) is 13.1 Å². The van der Waals surface area contributed by atoms with E-state index in [2.05, 4.69) is 26.1 Å². The molecule has 1 spiro atoms. The van der Waals surface area contributed by atoms with Gasteiger partial charge >= 0.3 is 12.1 Å². The van der Waals surface area contributed by atoms with Gasteiger partial charge in [0.2, 0.25) is 0 Å². The second kappa shape index (κ2) is 11.9. The number of alkyl halides is 3. The van der Waals surface area contributed by atoms with Crippen LogP contribution in [0.4, 0.5) is 13.2 Å². The van der Waals surface area contributed by atoms with Gasteiger partial charge in [-0.15, -0.1) is 0 Å². The normalized spacial score (nSPS) is 21.8. The fraction of sp³-hybridized carbons (Fsp3) is 0.500. The van der Waals surface area contributed by atoms with E-state index in [9.17, 15) is 27.6 Å². The van der Waals surface area contributed by atoms with Gasteiger partial charge in [-0.3, -0.25) is 19.4 Å². The summed E-state index contributed by atoms with van der Waals surface area (Å²) in [4.78, 5) is 43.6. The lowest BCUT2D eigenvalue weighted by atomic mass is 9.69. The van der Waals surface area contributed by atoms with E-state index in [1.807, 2.05) is 6.92 Å². The fourth-order valence-electron chi connectivity index (χ4n) is 5.97. The maximum atomic E-state index is 13.9. The summed E-state index contributed by atoms with van der Waals surface area (Å²) in [5.41, 5.74) is -0.0360. The number of carboxylic acids is 1. The molecular weight excluding hydrogens is 547 g/mol. The lowest BCUT2D eigenvalue weighted by Gasteiger charge is -2.45. The van der Waals surface area contributed by atoms with Gasteiger partial charge in [-0.2, -0.15) is 13.2 Å². The number of amides is 2. The van der Waals surface area contributed by atoms with Crippen LogP contribution in [0.25, 0.3) is 0 Å². The molecule has 226 valence electrons. The molecule has 1 aliphatic carbocycles. The van der Waals surface area contributed by atoms with E-state index in [4.69, 9.17) is 10.1 Å². The van der Waals surface area contributed by atoms with Gasteiger partial charge < -0.3 is 15.3 Å². The van der Waals surface area contributed by atoms with E-state index in [1.54, 1.807) is 29.2 Å². The Morgan fingerprint density at radius 1 is 1.10 bits per heavy atom. The number of benzene rings is 2. The Morgan fingerprint density at radius 3 is 2.31 bits per heavy atom. The third-order valence-electron chi connectivity index (χ3n) is 8.57. The van der Waals surface area contributed by atoms with Crippen molar-refractivity contribution in [1.82, 2.24) is 10.2 Å². The zero-order valence-electron chi connectivity index (χ0n) is 24.4. The summed E-state index contributed by atoms with van der Waals surface area (Å²) in [5.74, 6) is -1.45. The number of nitrogens with zero attached hydrogens (tertiary/aromatic N) is 2. The zero-order chi connectivity index (χ0) is 30.9. The van der Waals surface area contributed by atoms with Crippen LogP contribution in [0.15, 0.2) is 53.5 Å². The Kier molecular flexibility index (Phi) is 8.85. The fourth-order valence-corrected chi connectivity index (χ4v) is 5.97. The first-order chi connectivity index (χ1) is 19.6. The average molecular weight is 586 g/mol. The molecule has 2 aliphatic rings. The first kappa shape index (κ1) is 31.3. The molecule has 2 aromatic rings. The van der Waals surface area contributed by atoms with Crippen molar-refractivity contribution in [3.8, 4) is 0 Å². The van der Waals surface area contributed by atoms with Crippen molar-refractivity contribution in [2.24, 2.45) is 16.3 Å². The van der Waals surface area contributed by atoms with Crippen LogP contribution in [0.2, 0.25) is 0 Å². The molecule has 2 N–H and O–H groups in total. The van der Waals surface area contributed by atoms with Crippen LogP contribution in [0.3, 0.4) is 0 Å². The van der Waals surface area contributed by atoms with Crippen molar-refractivity contribution in [3.63, 3.8) is 0 Å². The molecule has 1 unspecified atom stereocenters. The first-order valence-electron chi connectivity index (χ1n) is 14.3. The number of aliphatic imine (C=N–C) groups is 1. The van der Waals surface area contributed by atoms with Gasteiger partial charge in [0.15, 0.2) is 0 Å². The molecule has 0 bridgehead atoms. The van der Waals surface area contributed by atoms with Crippen LogP contribution in [-0.4, -0.2) is 52.3 Å². The number of hydrogen-bond acceptors (Lipinski definition) is 4. The second-order valence-electron chi connectivity index (χ2n) is 12.5. The molecule has 7 nitrogen and oxygen atoms in total. The van der Waals surface area contributed by atoms with Gasteiger partial charge in [0, 0.05) is 24.2 Å². The van der Waals surface area contributed by atoms with Crippen LogP contribution in [0.1, 0.15) is 92.8 Å². The molecule has 1 aliphatic heterocycles. The van der Waals surface area contributed by atoms with Gasteiger partial charge in [-0.05, 0) is 72.8 Å². The summed E-state index contributed by atoms with van der Waals surface area (Å²) in [6.45, 7) is 8.89. The lowest BCUT2D eigenvalue weighted by molar-refractivity contribution is -0.138. The minimum absolute atomic E-state index is 0.0236. The maximum absolute atomic E-state index is 13.9. The number of aliphatic carboxylic acids is 1. The number of carboxylic acid groups (broad SMARTS) is 1. The van der Waals surface area contributed by atoms with Crippen molar-refractivity contribution in [2.45, 2.75) is 77.6 Å². The Labute approximate surface area is 244 Å². The third kappa shape index (κ3) is 6.85. The molecule has 10 heteroatoms. The largest absolute Gasteiger partial charge is 0.481 e. The quantitative estimate of drug-likeness (QED) is 0.381. The molecule has 2 aromatic carbocycles. The Bertz CT molecular complexity index is 1350. The summed E-state index contributed by atoms with van der Waals surface area (Å²) in [6, 6.07) is 11.7. The molecule has 1 fully saturated rings. The Morgan fingerprint density at radius 2 is 1.74 bits per heavy atom. The smallest absolute Gasteiger partial charge is 0.416 e. The molecule has 0 aromatic heterocycles. The van der Waals surface area contributed by atoms with Crippen LogP contribution in [0, 0.1) is 11.3 Å². The molecular formula is C32H38F3N3O4. The molecule has 1 atom stereocenters. The molecule has 4 rings (SSSR count). The number of rotatable bonds is 8. The molecule has 0 saturated heterocycles. The summed E-state index contributed by atoms with van der Waals surface area (Å²) in [6.07, 6.45) is -1.74. The highest BCUT2D eigenvalue weighted by Gasteiger charge is 2.50. The highest BCUT2D eigenvalue weighted by molar-refractivity contribution is 6.46. The minimum atomic E-state index is -4.53. The second-order valence-corrected chi connectivity index (χ2v) is 12.5. The van der Waals surface area contributed by atoms with E-state index in [0.29, 0.717) is 30.9 Å². The van der Waals surface area contributed by atoms with Gasteiger partial charge in [0.05, 0.1) is 12.0 Å². The Balaban J connectivity index is 1.58. The predicted octanol–water partition coefficient (Wildman–Crippen LogP) is 6.28. The van der Waals surface area contributed by atoms with Crippen LogP contribution < -0.4 is 5.32 Å². The van der Waals surface area contributed by atoms with E-state index in [0.717, 1.165) is 30.5 Å². The molecule has 1 heterocycles. The summed E-state index contributed by atoms with van der Waals surface area (Å²) in [7, 11) is 0. The standard InChI is InChI=1S/C32H38F3N3O4/c1-20(21-8-10-22(11-9-21)28(41)36-17-14-26(39)40)19-38-29(42)27(23-6-5-7-25(18-23)32(33,34)35)37-31(38)15-12-24(13-16-31)30(2,3)4/h5-11,18,20,24H,12-17,19H2,1-4H3,(H,36,41)(H,39,40). The summed E-state index contributed by atoms with van der Waals surface area (Å²) < 4.78 is 40.4. The molecule has 0 radical (unpaired) electrons. The van der Waals surface area contributed by atoms with E-state index in [1.165, 1.54) is 12.1 Å².